The molecule has 0 spiro atoms. The van der Waals surface area contributed by atoms with Crippen LogP contribution in [-0.4, -0.2) is 30.6 Å². The lowest BCUT2D eigenvalue weighted by Crippen LogP contribution is -2.27. The molecular weight excluding hydrogens is 392 g/mol. The van der Waals surface area contributed by atoms with E-state index in [1.54, 1.807) is 19.3 Å². The summed E-state index contributed by atoms with van der Waals surface area (Å²) in [7, 11) is 1.70. The average Bonchev–Trinajstić information content (AvgIpc) is 3.38. The summed E-state index contributed by atoms with van der Waals surface area (Å²) in [5.41, 5.74) is 4.69. The number of hydrogen-bond donors (Lipinski definition) is 3. The second-order valence-corrected chi connectivity index (χ2v) is 7.55. The van der Waals surface area contributed by atoms with Crippen molar-refractivity contribution in [2.45, 2.75) is 13.0 Å². The van der Waals surface area contributed by atoms with E-state index in [9.17, 15) is 9.59 Å². The number of imidazole rings is 1. The number of amides is 1. The lowest BCUT2D eigenvalue weighted by Gasteiger charge is -2.12. The molecule has 1 atom stereocenters. The third-order valence-electron chi connectivity index (χ3n) is 5.39. The van der Waals surface area contributed by atoms with E-state index >= 15 is 0 Å². The molecule has 2 aromatic carbocycles. The van der Waals surface area contributed by atoms with Crippen LogP contribution in [0.15, 0.2) is 65.6 Å². The fourth-order valence-electron chi connectivity index (χ4n) is 3.67. The fourth-order valence-corrected chi connectivity index (χ4v) is 3.67. The Labute approximate surface area is 176 Å². The molecule has 154 valence electrons. The third-order valence-corrected chi connectivity index (χ3v) is 5.39. The van der Waals surface area contributed by atoms with Gasteiger partial charge < -0.3 is 14.9 Å². The van der Waals surface area contributed by atoms with Crippen LogP contribution in [-0.2, 0) is 7.05 Å². The van der Waals surface area contributed by atoms with Crippen LogP contribution in [0.2, 0.25) is 0 Å². The second-order valence-electron chi connectivity index (χ2n) is 7.55. The Balaban J connectivity index is 1.49. The zero-order valence-electron chi connectivity index (χ0n) is 17.0. The molecule has 0 bridgehead atoms. The number of carbonyl (C=O) groups is 1. The minimum Gasteiger partial charge on any atom is -0.343 e. The van der Waals surface area contributed by atoms with Gasteiger partial charge in [-0.15, -0.1) is 0 Å². The lowest BCUT2D eigenvalue weighted by atomic mass is 10.1. The first-order valence-corrected chi connectivity index (χ1v) is 9.90. The van der Waals surface area contributed by atoms with Gasteiger partial charge in [0.25, 0.3) is 5.91 Å². The van der Waals surface area contributed by atoms with Crippen molar-refractivity contribution < 1.29 is 4.79 Å². The van der Waals surface area contributed by atoms with E-state index in [0.29, 0.717) is 5.52 Å². The van der Waals surface area contributed by atoms with Gasteiger partial charge in [0.05, 0.1) is 22.6 Å². The van der Waals surface area contributed by atoms with Gasteiger partial charge in [-0.25, -0.2) is 4.98 Å². The van der Waals surface area contributed by atoms with Crippen LogP contribution in [0.1, 0.15) is 29.1 Å². The molecule has 8 heteroatoms. The molecule has 0 aliphatic carbocycles. The first kappa shape index (κ1) is 18.8. The maximum Gasteiger partial charge on any atom is 0.287 e. The Hall–Kier alpha value is -4.20. The molecule has 0 saturated heterocycles. The summed E-state index contributed by atoms with van der Waals surface area (Å²) in [5, 5.41) is 11.3. The number of hydrogen-bond acceptors (Lipinski definition) is 4. The molecule has 0 aliphatic heterocycles. The molecule has 3 N–H and O–H groups in total. The molecule has 31 heavy (non-hydrogen) atoms. The summed E-state index contributed by atoms with van der Waals surface area (Å²) in [4.78, 5) is 32.0. The minimum atomic E-state index is -0.271. The summed E-state index contributed by atoms with van der Waals surface area (Å²) in [6.07, 6.45) is 1.75. The van der Waals surface area contributed by atoms with E-state index in [4.69, 9.17) is 0 Å². The number of nitrogens with zero attached hydrogens (tertiary/aromatic N) is 3. The smallest absolute Gasteiger partial charge is 0.287 e. The van der Waals surface area contributed by atoms with Crippen molar-refractivity contribution in [3.05, 3.63) is 82.5 Å². The zero-order valence-corrected chi connectivity index (χ0v) is 17.0. The van der Waals surface area contributed by atoms with Gasteiger partial charge >= 0.3 is 0 Å². The number of aromatic amines is 2. The molecule has 5 rings (SSSR count). The summed E-state index contributed by atoms with van der Waals surface area (Å²) < 4.78 is 1.51. The minimum absolute atomic E-state index is 0.0846. The SMILES string of the molecule is CC(NC(=O)c1nc2cc3c(-c4ccc(=O)n(C)c4)n[nH]c3cc2[nH]1)c1ccccc1. The molecule has 1 unspecified atom stereocenters. The van der Waals surface area contributed by atoms with Crippen molar-refractivity contribution in [3.8, 4) is 11.3 Å². The van der Waals surface area contributed by atoms with Crippen molar-refractivity contribution in [1.29, 1.82) is 0 Å². The Kier molecular flexibility index (Phi) is 4.39. The van der Waals surface area contributed by atoms with E-state index in [1.165, 1.54) is 10.6 Å². The van der Waals surface area contributed by atoms with Gasteiger partial charge in [0, 0.05) is 30.3 Å². The van der Waals surface area contributed by atoms with Crippen LogP contribution < -0.4 is 10.9 Å². The largest absolute Gasteiger partial charge is 0.343 e. The maximum atomic E-state index is 12.7. The Morgan fingerprint density at radius 1 is 1.10 bits per heavy atom. The highest BCUT2D eigenvalue weighted by molar-refractivity contribution is 6.02. The number of benzene rings is 2. The fraction of sp³-hybridized carbons (Fsp3) is 0.130. The van der Waals surface area contributed by atoms with Gasteiger partial charge in [-0.2, -0.15) is 5.10 Å². The lowest BCUT2D eigenvalue weighted by molar-refractivity contribution is 0.0930. The van der Waals surface area contributed by atoms with Crippen LogP contribution in [0, 0.1) is 0 Å². The van der Waals surface area contributed by atoms with Crippen LogP contribution in [0.4, 0.5) is 0 Å². The molecule has 0 aliphatic rings. The molecular formula is C23H20N6O2. The van der Waals surface area contributed by atoms with E-state index < -0.39 is 0 Å². The molecule has 0 fully saturated rings. The molecule has 5 aromatic rings. The predicted octanol–water partition coefficient (Wildman–Crippen LogP) is 3.30. The van der Waals surface area contributed by atoms with Gasteiger partial charge in [-0.1, -0.05) is 30.3 Å². The summed E-state index contributed by atoms with van der Waals surface area (Å²) in [6.45, 7) is 1.93. The van der Waals surface area contributed by atoms with Gasteiger partial charge in [0.2, 0.25) is 5.56 Å². The number of H-pyrrole nitrogens is 2. The number of carbonyl (C=O) groups excluding carboxylic acids is 1. The van der Waals surface area contributed by atoms with Crippen molar-refractivity contribution in [3.63, 3.8) is 0 Å². The standard InChI is InChI=1S/C23H20N6O2/c1-13(14-6-4-3-5-7-14)24-23(31)22-25-18-10-16-17(11-19(18)26-22)27-28-21(16)15-8-9-20(30)29(2)12-15/h3-13H,1-2H3,(H,24,31)(H,25,26)(H,27,28). The molecule has 3 aromatic heterocycles. The number of aromatic nitrogens is 5. The predicted molar refractivity (Wildman–Crippen MR) is 119 cm³/mol. The van der Waals surface area contributed by atoms with E-state index in [2.05, 4.69) is 25.5 Å². The molecule has 0 radical (unpaired) electrons. The average molecular weight is 412 g/mol. The number of nitrogens with one attached hydrogen (secondary N) is 3. The molecule has 3 heterocycles. The highest BCUT2D eigenvalue weighted by Crippen LogP contribution is 2.28. The Morgan fingerprint density at radius 3 is 2.68 bits per heavy atom. The normalized spacial score (nSPS) is 12.3. The Morgan fingerprint density at radius 2 is 1.90 bits per heavy atom. The van der Waals surface area contributed by atoms with Crippen molar-refractivity contribution >= 4 is 27.8 Å². The van der Waals surface area contributed by atoms with Crippen LogP contribution in [0.3, 0.4) is 0 Å². The van der Waals surface area contributed by atoms with Crippen LogP contribution in [0.25, 0.3) is 33.2 Å². The topological polar surface area (TPSA) is 108 Å². The van der Waals surface area contributed by atoms with Crippen LogP contribution >= 0.6 is 0 Å². The molecule has 1 amide bonds. The van der Waals surface area contributed by atoms with E-state index in [1.807, 2.05) is 49.4 Å². The number of aryl methyl sites for hydroxylation is 1. The first-order valence-electron chi connectivity index (χ1n) is 9.90. The highest BCUT2D eigenvalue weighted by atomic mass is 16.2. The maximum absolute atomic E-state index is 12.7. The van der Waals surface area contributed by atoms with Crippen molar-refractivity contribution in [1.82, 2.24) is 30.0 Å². The van der Waals surface area contributed by atoms with Gasteiger partial charge in [-0.3, -0.25) is 14.7 Å². The number of rotatable bonds is 4. The quantitative estimate of drug-likeness (QED) is 0.421. The van der Waals surface area contributed by atoms with Gasteiger partial charge in [0.1, 0.15) is 5.69 Å². The number of pyridine rings is 1. The third kappa shape index (κ3) is 3.38. The monoisotopic (exact) mass is 412 g/mol. The van der Waals surface area contributed by atoms with Crippen LogP contribution in [0.5, 0.6) is 0 Å². The Bertz CT molecular complexity index is 1480. The number of fused-ring (bicyclic) bond motifs is 2. The summed E-state index contributed by atoms with van der Waals surface area (Å²) >= 11 is 0. The molecule has 8 nitrogen and oxygen atoms in total. The second kappa shape index (κ2) is 7.24. The van der Waals surface area contributed by atoms with E-state index in [0.717, 1.165) is 33.2 Å². The summed E-state index contributed by atoms with van der Waals surface area (Å²) in [6, 6.07) is 16.7. The molecule has 0 saturated carbocycles. The zero-order chi connectivity index (χ0) is 21.5. The first-order chi connectivity index (χ1) is 15.0. The van der Waals surface area contributed by atoms with Gasteiger partial charge in [-0.05, 0) is 30.7 Å². The highest BCUT2D eigenvalue weighted by Gasteiger charge is 2.17. The van der Waals surface area contributed by atoms with E-state index in [-0.39, 0.29) is 23.3 Å². The van der Waals surface area contributed by atoms with Crippen molar-refractivity contribution in [2.75, 3.05) is 0 Å². The van der Waals surface area contributed by atoms with Gasteiger partial charge in [0.15, 0.2) is 5.82 Å². The van der Waals surface area contributed by atoms with Crippen molar-refractivity contribution in [2.24, 2.45) is 7.05 Å². The summed E-state index contributed by atoms with van der Waals surface area (Å²) in [5.74, 6) is -0.0188.